The van der Waals surface area contributed by atoms with Gasteiger partial charge in [-0.1, -0.05) is 103 Å². The summed E-state index contributed by atoms with van der Waals surface area (Å²) in [5, 5.41) is 4.73. The van der Waals surface area contributed by atoms with Gasteiger partial charge in [-0.2, -0.15) is 0 Å². The average molecular weight is 535 g/mol. The van der Waals surface area contributed by atoms with Gasteiger partial charge in [0.15, 0.2) is 11.4 Å². The summed E-state index contributed by atoms with van der Waals surface area (Å²) in [6.07, 6.45) is 0. The fourth-order valence-corrected chi connectivity index (χ4v) is 6.40. The van der Waals surface area contributed by atoms with Gasteiger partial charge in [0.05, 0.1) is 46.6 Å². The van der Waals surface area contributed by atoms with Gasteiger partial charge in [0.1, 0.15) is 0 Å². The van der Waals surface area contributed by atoms with Crippen molar-refractivity contribution in [1.82, 2.24) is 9.13 Å². The maximum Gasteiger partial charge on any atom is 0.177 e. The molecule has 0 radical (unpaired) electrons. The predicted molar refractivity (Wildman–Crippen MR) is 173 cm³/mol. The van der Waals surface area contributed by atoms with Crippen molar-refractivity contribution < 1.29 is 0 Å². The fraction of sp³-hybridized carbons (Fsp3) is 0. The Balaban J connectivity index is 1.60. The molecule has 8 rings (SSSR count). The predicted octanol–water partition coefficient (Wildman–Crippen LogP) is 10.6. The van der Waals surface area contributed by atoms with Crippen LogP contribution in [-0.4, -0.2) is 9.13 Å². The summed E-state index contributed by atoms with van der Waals surface area (Å²) in [6, 6.07) is 45.9. The van der Waals surface area contributed by atoms with Crippen molar-refractivity contribution in [3.8, 4) is 22.5 Å². The summed E-state index contributed by atoms with van der Waals surface area (Å²) in [4.78, 5) is 7.41. The standard InChI is InChI=1S/C38H22N4/c1-39-26-22-25(23-27(24-26)40-2)28-16-11-21-37(41-33-17-7-3-12-29(33)30-13-4-8-18-34(30)41)38(28)42-35-19-9-5-14-31(35)32-15-6-10-20-36(32)42/h3-24H. The SMILES string of the molecule is [C-]#[N+]c1cc([N+]#[C-])cc(-c2cccc(-n3c4ccccc4c4ccccc43)c2-n2c3ccccc3c3ccccc32)c1. The maximum absolute atomic E-state index is 7.73. The van der Waals surface area contributed by atoms with Crippen molar-refractivity contribution in [3.05, 3.63) is 156 Å². The molecule has 4 nitrogen and oxygen atoms in total. The van der Waals surface area contributed by atoms with Gasteiger partial charge in [0.25, 0.3) is 0 Å². The Bertz CT molecular complexity index is 2300. The number of benzene rings is 6. The molecule has 0 spiro atoms. The lowest BCUT2D eigenvalue weighted by Crippen LogP contribution is -2.05. The van der Waals surface area contributed by atoms with Crippen LogP contribution in [0, 0.1) is 13.1 Å². The highest BCUT2D eigenvalue weighted by molar-refractivity contribution is 6.12. The molecule has 8 aromatic rings. The molecule has 194 valence electrons. The summed E-state index contributed by atoms with van der Waals surface area (Å²) in [5.74, 6) is 0. The van der Waals surface area contributed by atoms with Gasteiger partial charge in [0, 0.05) is 27.1 Å². The summed E-state index contributed by atoms with van der Waals surface area (Å²) >= 11 is 0. The Labute approximate surface area is 242 Å². The molecule has 0 atom stereocenters. The van der Waals surface area contributed by atoms with Crippen LogP contribution in [0.5, 0.6) is 0 Å². The van der Waals surface area contributed by atoms with E-state index in [0.29, 0.717) is 11.4 Å². The third kappa shape index (κ3) is 3.40. The Kier molecular flexibility index (Phi) is 5.22. The van der Waals surface area contributed by atoms with Crippen LogP contribution < -0.4 is 0 Å². The van der Waals surface area contributed by atoms with Gasteiger partial charge in [-0.25, -0.2) is 9.69 Å². The van der Waals surface area contributed by atoms with Crippen LogP contribution in [0.2, 0.25) is 0 Å². The number of fused-ring (bicyclic) bond motifs is 6. The lowest BCUT2D eigenvalue weighted by atomic mass is 10.00. The lowest BCUT2D eigenvalue weighted by molar-refractivity contribution is 1.10. The van der Waals surface area contributed by atoms with E-state index in [1.807, 2.05) is 12.1 Å². The van der Waals surface area contributed by atoms with Crippen molar-refractivity contribution in [2.45, 2.75) is 0 Å². The summed E-state index contributed by atoms with van der Waals surface area (Å²) in [7, 11) is 0. The minimum absolute atomic E-state index is 0.453. The monoisotopic (exact) mass is 534 g/mol. The Morgan fingerprint density at radius 3 is 1.31 bits per heavy atom. The van der Waals surface area contributed by atoms with E-state index >= 15 is 0 Å². The van der Waals surface area contributed by atoms with Crippen LogP contribution in [0.3, 0.4) is 0 Å². The summed E-state index contributed by atoms with van der Waals surface area (Å²) in [5.41, 5.74) is 9.16. The molecule has 0 N–H and O–H groups in total. The van der Waals surface area contributed by atoms with E-state index in [4.69, 9.17) is 13.1 Å². The first-order valence-corrected chi connectivity index (χ1v) is 13.8. The molecule has 0 fully saturated rings. The van der Waals surface area contributed by atoms with E-state index < -0.39 is 0 Å². The number of hydrogen-bond donors (Lipinski definition) is 0. The molecule has 0 aliphatic rings. The quantitative estimate of drug-likeness (QED) is 0.201. The molecule has 4 heteroatoms. The molecule has 0 amide bonds. The molecule has 2 heterocycles. The van der Waals surface area contributed by atoms with Gasteiger partial charge in [-0.05, 0) is 35.9 Å². The summed E-state index contributed by atoms with van der Waals surface area (Å²) in [6.45, 7) is 15.5. The topological polar surface area (TPSA) is 18.6 Å². The maximum atomic E-state index is 7.73. The van der Waals surface area contributed by atoms with Crippen molar-refractivity contribution in [3.63, 3.8) is 0 Å². The van der Waals surface area contributed by atoms with E-state index in [1.165, 1.54) is 21.5 Å². The van der Waals surface area contributed by atoms with Crippen molar-refractivity contribution in [2.75, 3.05) is 0 Å². The molecule has 6 aromatic carbocycles. The highest BCUT2D eigenvalue weighted by Gasteiger charge is 2.22. The molecular weight excluding hydrogens is 512 g/mol. The largest absolute Gasteiger partial charge is 0.307 e. The number of aromatic nitrogens is 2. The first-order chi connectivity index (χ1) is 20.8. The second-order valence-corrected chi connectivity index (χ2v) is 10.4. The van der Waals surface area contributed by atoms with Gasteiger partial charge >= 0.3 is 0 Å². The van der Waals surface area contributed by atoms with E-state index in [-0.39, 0.29) is 0 Å². The van der Waals surface area contributed by atoms with Crippen molar-refractivity contribution in [1.29, 1.82) is 0 Å². The molecule has 2 aromatic heterocycles. The van der Waals surface area contributed by atoms with Crippen molar-refractivity contribution in [2.24, 2.45) is 0 Å². The van der Waals surface area contributed by atoms with Crippen LogP contribution >= 0.6 is 0 Å². The van der Waals surface area contributed by atoms with E-state index in [2.05, 4.69) is 134 Å². The Morgan fingerprint density at radius 1 is 0.429 bits per heavy atom. The van der Waals surface area contributed by atoms with E-state index in [9.17, 15) is 0 Å². The van der Waals surface area contributed by atoms with Crippen LogP contribution in [0.1, 0.15) is 0 Å². The molecule has 0 saturated heterocycles. The molecule has 0 unspecified atom stereocenters. The molecule has 0 saturated carbocycles. The number of hydrogen-bond acceptors (Lipinski definition) is 0. The molecule has 42 heavy (non-hydrogen) atoms. The Morgan fingerprint density at radius 2 is 0.857 bits per heavy atom. The fourth-order valence-electron chi connectivity index (χ4n) is 6.40. The third-order valence-electron chi connectivity index (χ3n) is 8.11. The van der Waals surface area contributed by atoms with Crippen molar-refractivity contribution >= 4 is 55.0 Å². The Hall–Kier alpha value is -6.10. The highest BCUT2D eigenvalue weighted by Crippen LogP contribution is 2.43. The highest BCUT2D eigenvalue weighted by atomic mass is 15.1. The third-order valence-corrected chi connectivity index (χ3v) is 8.11. The molecule has 0 aliphatic heterocycles. The average Bonchev–Trinajstić information content (AvgIpc) is 3.57. The molecule has 0 aliphatic carbocycles. The van der Waals surface area contributed by atoms with E-state index in [1.54, 1.807) is 6.07 Å². The zero-order chi connectivity index (χ0) is 28.2. The first kappa shape index (κ1) is 23.8. The van der Waals surface area contributed by atoms with Crippen LogP contribution in [-0.2, 0) is 0 Å². The summed E-state index contributed by atoms with van der Waals surface area (Å²) < 4.78 is 4.70. The first-order valence-electron chi connectivity index (χ1n) is 13.8. The smallest absolute Gasteiger partial charge is 0.177 e. The zero-order valence-electron chi connectivity index (χ0n) is 22.5. The van der Waals surface area contributed by atoms with Gasteiger partial charge < -0.3 is 9.13 Å². The van der Waals surface area contributed by atoms with E-state index in [0.717, 1.165) is 44.6 Å². The minimum Gasteiger partial charge on any atom is -0.307 e. The van der Waals surface area contributed by atoms with Gasteiger partial charge in [-0.3, -0.25) is 0 Å². The molecular formula is C38H22N4. The molecule has 0 bridgehead atoms. The number of nitrogens with zero attached hydrogens (tertiary/aromatic N) is 4. The van der Waals surface area contributed by atoms with Crippen LogP contribution in [0.15, 0.2) is 133 Å². The lowest BCUT2D eigenvalue weighted by Gasteiger charge is -2.21. The van der Waals surface area contributed by atoms with Crippen LogP contribution in [0.25, 0.3) is 75.8 Å². The van der Waals surface area contributed by atoms with Gasteiger partial charge in [-0.15, -0.1) is 0 Å². The number of para-hydroxylation sites is 5. The number of rotatable bonds is 3. The van der Waals surface area contributed by atoms with Gasteiger partial charge in [0.2, 0.25) is 0 Å². The second kappa shape index (κ2) is 9.24. The van der Waals surface area contributed by atoms with Crippen LogP contribution in [0.4, 0.5) is 11.4 Å². The zero-order valence-corrected chi connectivity index (χ0v) is 22.5. The normalized spacial score (nSPS) is 11.3. The minimum atomic E-state index is 0.453. The second-order valence-electron chi connectivity index (χ2n) is 10.4.